The topological polar surface area (TPSA) is 20.3 Å². The molecular formula is C13H15Cl2NO. The first-order chi connectivity index (χ1) is 8.16. The van der Waals surface area contributed by atoms with Gasteiger partial charge in [-0.2, -0.15) is 0 Å². The third-order valence-corrected chi connectivity index (χ3v) is 3.73. The Bertz CT molecular complexity index is 385. The van der Waals surface area contributed by atoms with E-state index in [4.69, 9.17) is 23.2 Å². The number of hydrogen-bond acceptors (Lipinski definition) is 1. The Hall–Kier alpha value is -0.730. The second-order valence-corrected chi connectivity index (χ2v) is 5.21. The van der Waals surface area contributed by atoms with E-state index >= 15 is 0 Å². The van der Waals surface area contributed by atoms with Gasteiger partial charge in [0, 0.05) is 17.6 Å². The molecular weight excluding hydrogens is 257 g/mol. The summed E-state index contributed by atoms with van der Waals surface area (Å²) in [6.45, 7) is 0.574. The molecule has 92 valence electrons. The molecule has 1 aromatic carbocycles. The van der Waals surface area contributed by atoms with E-state index in [1.165, 1.54) is 12.8 Å². The van der Waals surface area contributed by atoms with Gasteiger partial charge in [-0.3, -0.25) is 4.79 Å². The molecule has 1 fully saturated rings. The smallest absolute Gasteiger partial charge is 0.316 e. The van der Waals surface area contributed by atoms with Gasteiger partial charge in [0.1, 0.15) is 0 Å². The van der Waals surface area contributed by atoms with Crippen LogP contribution in [0.4, 0.5) is 4.79 Å². The third-order valence-electron chi connectivity index (χ3n) is 3.26. The van der Waals surface area contributed by atoms with Gasteiger partial charge < -0.3 is 4.90 Å². The molecule has 1 aromatic rings. The summed E-state index contributed by atoms with van der Waals surface area (Å²) in [5.74, 6) is 0. The summed E-state index contributed by atoms with van der Waals surface area (Å²) >= 11 is 11.5. The summed E-state index contributed by atoms with van der Waals surface area (Å²) in [7, 11) is 0. The molecule has 1 amide bonds. The molecule has 0 saturated heterocycles. The highest BCUT2D eigenvalue weighted by molar-refractivity contribution is 6.62. The Morgan fingerprint density at radius 1 is 1.24 bits per heavy atom. The van der Waals surface area contributed by atoms with Crippen LogP contribution in [-0.4, -0.2) is 16.3 Å². The number of rotatable bonds is 3. The number of halogens is 2. The van der Waals surface area contributed by atoms with E-state index in [2.05, 4.69) is 0 Å². The van der Waals surface area contributed by atoms with Crippen molar-refractivity contribution in [1.82, 2.24) is 4.90 Å². The van der Waals surface area contributed by atoms with Crippen LogP contribution in [0.1, 0.15) is 31.2 Å². The molecule has 2 rings (SSSR count). The Labute approximate surface area is 112 Å². The summed E-state index contributed by atoms with van der Waals surface area (Å²) in [5.41, 5.74) is 1.07. The fourth-order valence-electron chi connectivity index (χ4n) is 2.34. The molecule has 1 saturated carbocycles. The number of nitrogens with zero attached hydrogens (tertiary/aromatic N) is 1. The fraction of sp³-hybridized carbons (Fsp3) is 0.462. The van der Waals surface area contributed by atoms with Crippen LogP contribution in [0.2, 0.25) is 5.02 Å². The van der Waals surface area contributed by atoms with Gasteiger partial charge in [-0.25, -0.2) is 0 Å². The largest absolute Gasteiger partial charge is 0.322 e. The molecule has 0 bridgehead atoms. The van der Waals surface area contributed by atoms with E-state index in [0.717, 1.165) is 18.4 Å². The van der Waals surface area contributed by atoms with Crippen LogP contribution in [-0.2, 0) is 6.54 Å². The predicted octanol–water partition coefficient (Wildman–Crippen LogP) is 4.44. The lowest BCUT2D eigenvalue weighted by Gasteiger charge is -2.26. The zero-order valence-electron chi connectivity index (χ0n) is 9.53. The molecule has 1 aliphatic carbocycles. The number of benzene rings is 1. The van der Waals surface area contributed by atoms with Crippen LogP contribution in [0.3, 0.4) is 0 Å². The van der Waals surface area contributed by atoms with E-state index in [0.29, 0.717) is 17.6 Å². The van der Waals surface area contributed by atoms with Crippen LogP contribution in [0.15, 0.2) is 24.3 Å². The Morgan fingerprint density at radius 3 is 2.35 bits per heavy atom. The minimum atomic E-state index is -0.355. The highest BCUT2D eigenvalue weighted by Crippen LogP contribution is 2.26. The first kappa shape index (κ1) is 12.7. The quantitative estimate of drug-likeness (QED) is 0.588. The number of amides is 1. The van der Waals surface area contributed by atoms with Crippen LogP contribution >= 0.6 is 23.2 Å². The molecule has 0 N–H and O–H groups in total. The second kappa shape index (κ2) is 5.74. The van der Waals surface area contributed by atoms with Gasteiger partial charge in [-0.15, -0.1) is 0 Å². The van der Waals surface area contributed by atoms with E-state index < -0.39 is 0 Å². The van der Waals surface area contributed by atoms with Crippen molar-refractivity contribution in [3.05, 3.63) is 34.9 Å². The first-order valence-electron chi connectivity index (χ1n) is 5.87. The summed E-state index contributed by atoms with van der Waals surface area (Å²) in [6, 6.07) is 7.84. The normalized spacial score (nSPS) is 16.1. The molecule has 4 heteroatoms. The monoisotopic (exact) mass is 271 g/mol. The minimum absolute atomic E-state index is 0.302. The lowest BCUT2D eigenvalue weighted by molar-refractivity contribution is 0.195. The summed E-state index contributed by atoms with van der Waals surface area (Å²) in [4.78, 5) is 13.2. The molecule has 0 aliphatic heterocycles. The van der Waals surface area contributed by atoms with Gasteiger partial charge in [-0.05, 0) is 42.1 Å². The van der Waals surface area contributed by atoms with Crippen molar-refractivity contribution in [3.8, 4) is 0 Å². The SMILES string of the molecule is O=C(Cl)N(Cc1ccc(Cl)cc1)C1CCCC1. The maximum atomic E-state index is 11.5. The van der Waals surface area contributed by atoms with Crippen molar-refractivity contribution >= 4 is 28.6 Å². The van der Waals surface area contributed by atoms with Crippen molar-refractivity contribution in [3.63, 3.8) is 0 Å². The molecule has 2 nitrogen and oxygen atoms in total. The average Bonchev–Trinajstić information content (AvgIpc) is 2.81. The fourth-order valence-corrected chi connectivity index (χ4v) is 2.66. The first-order valence-corrected chi connectivity index (χ1v) is 6.63. The van der Waals surface area contributed by atoms with Crippen molar-refractivity contribution in [2.24, 2.45) is 0 Å². The summed E-state index contributed by atoms with van der Waals surface area (Å²) in [6.07, 6.45) is 4.50. The van der Waals surface area contributed by atoms with Crippen LogP contribution < -0.4 is 0 Å². The lowest BCUT2D eigenvalue weighted by atomic mass is 10.1. The molecule has 0 heterocycles. The highest BCUT2D eigenvalue weighted by atomic mass is 35.5. The molecule has 0 atom stereocenters. The Balaban J connectivity index is 2.06. The van der Waals surface area contributed by atoms with Crippen molar-refractivity contribution in [1.29, 1.82) is 0 Å². The van der Waals surface area contributed by atoms with E-state index in [1.807, 2.05) is 24.3 Å². The van der Waals surface area contributed by atoms with E-state index in [-0.39, 0.29) is 5.37 Å². The number of carbonyl (C=O) groups excluding carboxylic acids is 1. The Kier molecular flexibility index (Phi) is 4.30. The van der Waals surface area contributed by atoms with Gasteiger partial charge in [0.2, 0.25) is 0 Å². The van der Waals surface area contributed by atoms with Crippen LogP contribution in [0, 0.1) is 0 Å². The lowest BCUT2D eigenvalue weighted by Crippen LogP contribution is -2.34. The van der Waals surface area contributed by atoms with Crippen molar-refractivity contribution in [2.75, 3.05) is 0 Å². The molecule has 0 unspecified atom stereocenters. The third kappa shape index (κ3) is 3.36. The van der Waals surface area contributed by atoms with Crippen molar-refractivity contribution < 1.29 is 4.79 Å². The zero-order chi connectivity index (χ0) is 12.3. The van der Waals surface area contributed by atoms with Gasteiger partial charge in [0.05, 0.1) is 0 Å². The van der Waals surface area contributed by atoms with E-state index in [9.17, 15) is 4.79 Å². The van der Waals surface area contributed by atoms with Gasteiger partial charge in [0.15, 0.2) is 0 Å². The van der Waals surface area contributed by atoms with Gasteiger partial charge in [-0.1, -0.05) is 36.6 Å². The summed E-state index contributed by atoms with van der Waals surface area (Å²) in [5, 5.41) is 0.352. The van der Waals surface area contributed by atoms with Gasteiger partial charge >= 0.3 is 5.37 Å². The van der Waals surface area contributed by atoms with Crippen molar-refractivity contribution in [2.45, 2.75) is 38.3 Å². The second-order valence-electron chi connectivity index (χ2n) is 4.45. The van der Waals surface area contributed by atoms with Crippen LogP contribution in [0.25, 0.3) is 0 Å². The summed E-state index contributed by atoms with van der Waals surface area (Å²) < 4.78 is 0. The molecule has 17 heavy (non-hydrogen) atoms. The molecule has 0 aromatic heterocycles. The minimum Gasteiger partial charge on any atom is -0.322 e. The maximum Gasteiger partial charge on any atom is 0.316 e. The highest BCUT2D eigenvalue weighted by Gasteiger charge is 2.25. The Morgan fingerprint density at radius 2 is 1.82 bits per heavy atom. The number of carbonyl (C=O) groups is 1. The zero-order valence-corrected chi connectivity index (χ0v) is 11.0. The maximum absolute atomic E-state index is 11.5. The van der Waals surface area contributed by atoms with Gasteiger partial charge in [0.25, 0.3) is 0 Å². The standard InChI is InChI=1S/C13H15Cl2NO/c14-11-7-5-10(6-8-11)9-16(13(15)17)12-3-1-2-4-12/h5-8,12H,1-4,9H2. The average molecular weight is 272 g/mol. The number of hydrogen-bond donors (Lipinski definition) is 0. The predicted molar refractivity (Wildman–Crippen MR) is 70.5 cm³/mol. The molecule has 0 spiro atoms. The molecule has 1 aliphatic rings. The van der Waals surface area contributed by atoms with Crippen LogP contribution in [0.5, 0.6) is 0 Å². The van der Waals surface area contributed by atoms with E-state index in [1.54, 1.807) is 4.90 Å². The molecule has 0 radical (unpaired) electrons.